The Hall–Kier alpha value is -0.640. The zero-order valence-corrected chi connectivity index (χ0v) is 10.8. The van der Waals surface area contributed by atoms with Crippen molar-refractivity contribution in [2.24, 2.45) is 0 Å². The molecular formula is C13H18ClFN2. The van der Waals surface area contributed by atoms with E-state index >= 15 is 0 Å². The van der Waals surface area contributed by atoms with Crippen LogP contribution in [0.2, 0.25) is 5.02 Å². The van der Waals surface area contributed by atoms with Crippen LogP contribution >= 0.6 is 11.6 Å². The summed E-state index contributed by atoms with van der Waals surface area (Å²) in [7, 11) is 0. The smallest absolute Gasteiger partial charge is 0.126 e. The molecule has 0 radical (unpaired) electrons. The number of piperidine rings is 1. The molecule has 4 heteroatoms. The summed E-state index contributed by atoms with van der Waals surface area (Å²) >= 11 is 6.10. The third-order valence-electron chi connectivity index (χ3n) is 3.25. The molecule has 0 atom stereocenters. The second kappa shape index (κ2) is 5.80. The Morgan fingerprint density at radius 1 is 1.41 bits per heavy atom. The second-order valence-electron chi connectivity index (χ2n) is 4.60. The molecule has 0 saturated carbocycles. The lowest BCUT2D eigenvalue weighted by molar-refractivity contribution is 0.386. The Bertz CT molecular complexity index is 389. The third kappa shape index (κ3) is 3.41. The van der Waals surface area contributed by atoms with Crippen LogP contribution in [0.5, 0.6) is 0 Å². The number of halogens is 2. The van der Waals surface area contributed by atoms with Crippen LogP contribution in [-0.2, 0) is 6.54 Å². The quantitative estimate of drug-likeness (QED) is 0.869. The van der Waals surface area contributed by atoms with Gasteiger partial charge in [0.1, 0.15) is 5.82 Å². The molecule has 2 nitrogen and oxygen atoms in total. The molecule has 1 aliphatic rings. The molecule has 0 spiro atoms. The van der Waals surface area contributed by atoms with Gasteiger partial charge >= 0.3 is 0 Å². The van der Waals surface area contributed by atoms with Gasteiger partial charge in [-0.2, -0.15) is 0 Å². The lowest BCUT2D eigenvalue weighted by atomic mass is 10.1. The van der Waals surface area contributed by atoms with E-state index in [2.05, 4.69) is 10.6 Å². The molecule has 2 N–H and O–H groups in total. The fraction of sp³-hybridized carbons (Fsp3) is 0.538. The van der Waals surface area contributed by atoms with E-state index in [9.17, 15) is 4.39 Å². The molecule has 1 heterocycles. The van der Waals surface area contributed by atoms with Crippen LogP contribution in [0.1, 0.15) is 24.0 Å². The predicted octanol–water partition coefficient (Wildman–Crippen LogP) is 2.63. The normalized spacial score (nSPS) is 17.4. The molecule has 0 bridgehead atoms. The molecule has 0 amide bonds. The van der Waals surface area contributed by atoms with Crippen LogP contribution in [-0.4, -0.2) is 19.1 Å². The summed E-state index contributed by atoms with van der Waals surface area (Å²) in [6.07, 6.45) is 2.23. The van der Waals surface area contributed by atoms with Crippen molar-refractivity contribution in [1.82, 2.24) is 10.6 Å². The zero-order chi connectivity index (χ0) is 12.3. The SMILES string of the molecule is Cc1cc(Cl)c(CNC2CCNCC2)cc1F. The summed E-state index contributed by atoms with van der Waals surface area (Å²) in [6.45, 7) is 4.47. The number of hydrogen-bond acceptors (Lipinski definition) is 2. The highest BCUT2D eigenvalue weighted by molar-refractivity contribution is 6.31. The fourth-order valence-corrected chi connectivity index (χ4v) is 2.39. The molecule has 17 heavy (non-hydrogen) atoms. The third-order valence-corrected chi connectivity index (χ3v) is 3.60. The lowest BCUT2D eigenvalue weighted by Gasteiger charge is -2.24. The Balaban J connectivity index is 1.96. The maximum atomic E-state index is 13.4. The van der Waals surface area contributed by atoms with Crippen molar-refractivity contribution in [1.29, 1.82) is 0 Å². The van der Waals surface area contributed by atoms with Crippen LogP contribution in [0, 0.1) is 12.7 Å². The molecule has 94 valence electrons. The van der Waals surface area contributed by atoms with E-state index in [4.69, 9.17) is 11.6 Å². The van der Waals surface area contributed by atoms with Gasteiger partial charge in [-0.25, -0.2) is 4.39 Å². The molecule has 1 fully saturated rings. The molecule has 1 aromatic carbocycles. The van der Waals surface area contributed by atoms with E-state index < -0.39 is 0 Å². The van der Waals surface area contributed by atoms with Gasteiger partial charge in [0.2, 0.25) is 0 Å². The second-order valence-corrected chi connectivity index (χ2v) is 5.01. The van der Waals surface area contributed by atoms with Gasteiger partial charge in [0.15, 0.2) is 0 Å². The van der Waals surface area contributed by atoms with Gasteiger partial charge in [-0.05, 0) is 56.1 Å². The average Bonchev–Trinajstić information content (AvgIpc) is 2.33. The monoisotopic (exact) mass is 256 g/mol. The number of nitrogens with one attached hydrogen (secondary N) is 2. The van der Waals surface area contributed by atoms with Gasteiger partial charge in [-0.1, -0.05) is 11.6 Å². The first-order valence-corrected chi connectivity index (χ1v) is 6.43. The Morgan fingerprint density at radius 3 is 2.82 bits per heavy atom. The van der Waals surface area contributed by atoms with E-state index in [1.54, 1.807) is 13.0 Å². The number of hydrogen-bond donors (Lipinski definition) is 2. The highest BCUT2D eigenvalue weighted by atomic mass is 35.5. The Labute approximate surface area is 107 Å². The van der Waals surface area contributed by atoms with Crippen LogP contribution < -0.4 is 10.6 Å². The van der Waals surface area contributed by atoms with Crippen molar-refractivity contribution in [2.75, 3.05) is 13.1 Å². The molecule has 0 aliphatic carbocycles. The first-order valence-electron chi connectivity index (χ1n) is 6.05. The van der Waals surface area contributed by atoms with E-state index in [0.717, 1.165) is 31.5 Å². The van der Waals surface area contributed by atoms with Gasteiger partial charge in [0, 0.05) is 17.6 Å². The van der Waals surface area contributed by atoms with Gasteiger partial charge in [-0.3, -0.25) is 0 Å². The van der Waals surface area contributed by atoms with E-state index in [1.807, 2.05) is 0 Å². The van der Waals surface area contributed by atoms with Gasteiger partial charge in [0.25, 0.3) is 0 Å². The van der Waals surface area contributed by atoms with E-state index in [0.29, 0.717) is 23.2 Å². The van der Waals surface area contributed by atoms with Gasteiger partial charge in [-0.15, -0.1) is 0 Å². The van der Waals surface area contributed by atoms with Crippen molar-refractivity contribution in [3.63, 3.8) is 0 Å². The maximum absolute atomic E-state index is 13.4. The van der Waals surface area contributed by atoms with Crippen LogP contribution in [0.25, 0.3) is 0 Å². The predicted molar refractivity (Wildman–Crippen MR) is 68.9 cm³/mol. The molecule has 1 aromatic rings. The molecule has 0 aromatic heterocycles. The van der Waals surface area contributed by atoms with Crippen LogP contribution in [0.4, 0.5) is 4.39 Å². The number of rotatable bonds is 3. The van der Waals surface area contributed by atoms with Gasteiger partial charge < -0.3 is 10.6 Å². The standard InChI is InChI=1S/C13H18ClFN2/c1-9-6-12(14)10(7-13(9)15)8-17-11-2-4-16-5-3-11/h6-7,11,16-17H,2-5,8H2,1H3. The van der Waals surface area contributed by atoms with Crippen molar-refractivity contribution in [2.45, 2.75) is 32.4 Å². The number of benzene rings is 1. The summed E-state index contributed by atoms with van der Waals surface area (Å²) in [6, 6.07) is 3.74. The van der Waals surface area contributed by atoms with Crippen molar-refractivity contribution < 1.29 is 4.39 Å². The highest BCUT2D eigenvalue weighted by Gasteiger charge is 2.13. The summed E-state index contributed by atoms with van der Waals surface area (Å²) in [4.78, 5) is 0. The molecule has 0 unspecified atom stereocenters. The van der Waals surface area contributed by atoms with Gasteiger partial charge in [0.05, 0.1) is 0 Å². The van der Waals surface area contributed by atoms with Crippen LogP contribution in [0.3, 0.4) is 0 Å². The summed E-state index contributed by atoms with van der Waals surface area (Å²) in [5.41, 5.74) is 1.44. The molecule has 1 saturated heterocycles. The summed E-state index contributed by atoms with van der Waals surface area (Å²) < 4.78 is 13.4. The first-order chi connectivity index (χ1) is 8.16. The fourth-order valence-electron chi connectivity index (χ4n) is 2.10. The molecule has 1 aliphatic heterocycles. The topological polar surface area (TPSA) is 24.1 Å². The van der Waals surface area contributed by atoms with E-state index in [-0.39, 0.29) is 5.82 Å². The van der Waals surface area contributed by atoms with Crippen molar-refractivity contribution in [3.05, 3.63) is 34.1 Å². The van der Waals surface area contributed by atoms with Crippen molar-refractivity contribution >= 4 is 11.6 Å². The number of aryl methyl sites for hydroxylation is 1. The highest BCUT2D eigenvalue weighted by Crippen LogP contribution is 2.20. The molecular weight excluding hydrogens is 239 g/mol. The van der Waals surface area contributed by atoms with Crippen molar-refractivity contribution in [3.8, 4) is 0 Å². The zero-order valence-electron chi connectivity index (χ0n) is 10.0. The maximum Gasteiger partial charge on any atom is 0.126 e. The minimum Gasteiger partial charge on any atom is -0.317 e. The summed E-state index contributed by atoms with van der Waals surface area (Å²) in [5, 5.41) is 7.39. The van der Waals surface area contributed by atoms with E-state index in [1.165, 1.54) is 6.07 Å². The minimum absolute atomic E-state index is 0.184. The first kappa shape index (κ1) is 12.8. The minimum atomic E-state index is -0.184. The Kier molecular flexibility index (Phi) is 4.37. The Morgan fingerprint density at radius 2 is 2.12 bits per heavy atom. The lowest BCUT2D eigenvalue weighted by Crippen LogP contribution is -2.39. The molecule has 2 rings (SSSR count). The van der Waals surface area contributed by atoms with Crippen LogP contribution in [0.15, 0.2) is 12.1 Å². The summed E-state index contributed by atoms with van der Waals surface area (Å²) in [5.74, 6) is -0.184. The average molecular weight is 257 g/mol. The largest absolute Gasteiger partial charge is 0.317 e.